The van der Waals surface area contributed by atoms with Crippen LogP contribution in [0.2, 0.25) is 0 Å². The average molecular weight is 369 g/mol. The molecule has 2 aromatic rings. The summed E-state index contributed by atoms with van der Waals surface area (Å²) in [6, 6.07) is 9.89. The first-order chi connectivity index (χ1) is 13.1. The number of aromatic nitrogens is 1. The van der Waals surface area contributed by atoms with E-state index in [0.717, 1.165) is 6.42 Å². The molecule has 0 saturated heterocycles. The van der Waals surface area contributed by atoms with Crippen molar-refractivity contribution in [2.24, 2.45) is 0 Å². The van der Waals surface area contributed by atoms with Crippen LogP contribution in [0, 0.1) is 10.1 Å². The molecule has 0 aliphatic rings. The number of nitro benzene ring substituents is 1. The largest absolute Gasteiger partial charge is 0.287 e. The summed E-state index contributed by atoms with van der Waals surface area (Å²) in [4.78, 5) is 22.5. The molecule has 0 aliphatic heterocycles. The van der Waals surface area contributed by atoms with Crippen LogP contribution < -0.4 is 4.57 Å². The molecule has 0 saturated carbocycles. The van der Waals surface area contributed by atoms with Gasteiger partial charge >= 0.3 is 0 Å². The average Bonchev–Trinajstić information content (AvgIpc) is 2.68. The van der Waals surface area contributed by atoms with E-state index in [1.165, 1.54) is 74.8 Å². The second kappa shape index (κ2) is 11.2. The monoisotopic (exact) mass is 369 g/mol. The molecule has 0 N–H and O–H groups in total. The number of benzene rings is 1. The summed E-state index contributed by atoms with van der Waals surface area (Å²) >= 11 is 0. The summed E-state index contributed by atoms with van der Waals surface area (Å²) in [5.74, 6) is -0.0604. The quantitative estimate of drug-likeness (QED) is 0.173. The van der Waals surface area contributed by atoms with Gasteiger partial charge in [0.05, 0.1) is 4.92 Å². The molecule has 0 spiro atoms. The molecule has 1 aromatic carbocycles. The van der Waals surface area contributed by atoms with Crippen molar-refractivity contribution in [2.45, 2.75) is 64.8 Å². The summed E-state index contributed by atoms with van der Waals surface area (Å²) in [6.45, 7) is 2.47. The lowest BCUT2D eigenvalue weighted by atomic mass is 10.1. The zero-order valence-electron chi connectivity index (χ0n) is 16.1. The number of nitro groups is 1. The number of non-ortho nitro benzene ring substituents is 1. The Morgan fingerprint density at radius 3 is 2.11 bits per heavy atom. The summed E-state index contributed by atoms with van der Waals surface area (Å²) in [7, 11) is 0. The molecular weight excluding hydrogens is 340 g/mol. The number of carbonyl (C=O) groups excluding carboxylic acids is 1. The van der Waals surface area contributed by atoms with E-state index in [-0.39, 0.29) is 18.0 Å². The number of Topliss-reactive ketones (excluding diaryl/α,β-unsaturated/α-hetero) is 1. The van der Waals surface area contributed by atoms with Gasteiger partial charge in [-0.15, -0.1) is 0 Å². The number of ketones is 1. The number of carbonyl (C=O) groups is 1. The summed E-state index contributed by atoms with van der Waals surface area (Å²) in [5.41, 5.74) is 1.77. The minimum absolute atomic E-state index is 0.00563. The Hall–Kier alpha value is -2.56. The Morgan fingerprint density at radius 1 is 0.926 bits per heavy atom. The van der Waals surface area contributed by atoms with Crippen LogP contribution in [0.5, 0.6) is 0 Å². The lowest BCUT2D eigenvalue weighted by Gasteiger charge is -2.02. The summed E-state index contributed by atoms with van der Waals surface area (Å²) in [5, 5.41) is 10.7. The van der Waals surface area contributed by atoms with E-state index in [0.29, 0.717) is 5.56 Å². The number of aryl methyl sites for hydroxylation is 1. The van der Waals surface area contributed by atoms with Crippen LogP contribution in [0.4, 0.5) is 5.69 Å². The number of pyridine rings is 1. The Kier molecular flexibility index (Phi) is 8.62. The third-order valence-corrected chi connectivity index (χ3v) is 4.76. The van der Waals surface area contributed by atoms with Crippen molar-refractivity contribution in [1.82, 2.24) is 0 Å². The standard InChI is InChI=1S/C22H29N2O3/c1-2-3-4-5-6-7-8-9-19-14-16-23(17-15-19)18-22(25)20-10-12-21(13-11-20)24(26)27/h10-17H,2-9,18H2,1H3/q+1. The van der Waals surface area contributed by atoms with Gasteiger partial charge in [-0.05, 0) is 30.5 Å². The number of hydrogen-bond acceptors (Lipinski definition) is 3. The third-order valence-electron chi connectivity index (χ3n) is 4.76. The zero-order valence-corrected chi connectivity index (χ0v) is 16.1. The second-order valence-electron chi connectivity index (χ2n) is 6.98. The van der Waals surface area contributed by atoms with E-state index in [9.17, 15) is 14.9 Å². The Morgan fingerprint density at radius 2 is 1.52 bits per heavy atom. The molecule has 0 radical (unpaired) electrons. The molecule has 0 aliphatic carbocycles. The number of unbranched alkanes of at least 4 members (excludes halogenated alkanes) is 6. The van der Waals surface area contributed by atoms with Gasteiger partial charge in [0, 0.05) is 29.8 Å². The van der Waals surface area contributed by atoms with E-state index < -0.39 is 4.92 Å². The van der Waals surface area contributed by atoms with Gasteiger partial charge in [0.15, 0.2) is 12.4 Å². The molecule has 5 nitrogen and oxygen atoms in total. The number of nitrogens with zero attached hydrogens (tertiary/aromatic N) is 2. The third kappa shape index (κ3) is 7.29. The van der Waals surface area contributed by atoms with E-state index in [1.807, 2.05) is 17.0 Å². The first kappa shape index (κ1) is 20.7. The molecule has 0 amide bonds. The Balaban J connectivity index is 1.76. The minimum atomic E-state index is -0.465. The molecule has 1 heterocycles. The van der Waals surface area contributed by atoms with E-state index in [1.54, 1.807) is 0 Å². The predicted molar refractivity (Wildman–Crippen MR) is 106 cm³/mol. The Labute approximate surface area is 161 Å². The predicted octanol–water partition coefficient (Wildman–Crippen LogP) is 5.06. The number of hydrogen-bond donors (Lipinski definition) is 0. The maximum absolute atomic E-state index is 12.3. The van der Waals surface area contributed by atoms with Gasteiger partial charge < -0.3 is 0 Å². The summed E-state index contributed by atoms with van der Waals surface area (Å²) < 4.78 is 1.85. The van der Waals surface area contributed by atoms with Crippen molar-refractivity contribution in [2.75, 3.05) is 0 Å². The highest BCUT2D eigenvalue weighted by atomic mass is 16.6. The maximum Gasteiger partial charge on any atom is 0.269 e. The molecule has 144 valence electrons. The second-order valence-corrected chi connectivity index (χ2v) is 6.98. The van der Waals surface area contributed by atoms with Crippen molar-refractivity contribution < 1.29 is 14.3 Å². The van der Waals surface area contributed by atoms with Crippen molar-refractivity contribution in [3.05, 3.63) is 70.0 Å². The van der Waals surface area contributed by atoms with E-state index in [4.69, 9.17) is 0 Å². The zero-order chi connectivity index (χ0) is 19.5. The van der Waals surface area contributed by atoms with Crippen molar-refractivity contribution in [3.63, 3.8) is 0 Å². The molecule has 0 fully saturated rings. The fourth-order valence-corrected chi connectivity index (χ4v) is 3.07. The first-order valence-corrected chi connectivity index (χ1v) is 9.86. The molecule has 0 bridgehead atoms. The highest BCUT2D eigenvalue weighted by molar-refractivity contribution is 5.95. The highest BCUT2D eigenvalue weighted by Gasteiger charge is 2.14. The van der Waals surface area contributed by atoms with Crippen LogP contribution in [-0.2, 0) is 13.0 Å². The van der Waals surface area contributed by atoms with Crippen LogP contribution in [-0.4, -0.2) is 10.7 Å². The van der Waals surface area contributed by atoms with E-state index in [2.05, 4.69) is 19.1 Å². The van der Waals surface area contributed by atoms with Gasteiger partial charge in [0.25, 0.3) is 5.69 Å². The Bertz CT molecular complexity index is 724. The SMILES string of the molecule is CCCCCCCCCc1cc[n+](CC(=O)c2ccc([N+](=O)[O-])cc2)cc1. The van der Waals surface area contributed by atoms with Gasteiger partial charge in [-0.3, -0.25) is 14.9 Å². The van der Waals surface area contributed by atoms with Crippen LogP contribution in [0.25, 0.3) is 0 Å². The summed E-state index contributed by atoms with van der Waals surface area (Å²) in [6.07, 6.45) is 14.1. The smallest absolute Gasteiger partial charge is 0.269 e. The molecule has 2 rings (SSSR count). The van der Waals surface area contributed by atoms with Crippen LogP contribution in [0.15, 0.2) is 48.8 Å². The van der Waals surface area contributed by atoms with Crippen molar-refractivity contribution in [1.29, 1.82) is 0 Å². The lowest BCUT2D eigenvalue weighted by molar-refractivity contribution is -0.683. The van der Waals surface area contributed by atoms with Crippen molar-refractivity contribution in [3.8, 4) is 0 Å². The van der Waals surface area contributed by atoms with Crippen molar-refractivity contribution >= 4 is 11.5 Å². The van der Waals surface area contributed by atoms with Gasteiger partial charge in [0.2, 0.25) is 12.3 Å². The topological polar surface area (TPSA) is 64.1 Å². The van der Waals surface area contributed by atoms with Gasteiger partial charge in [0.1, 0.15) is 0 Å². The molecule has 1 aromatic heterocycles. The lowest BCUT2D eigenvalue weighted by Crippen LogP contribution is -2.37. The van der Waals surface area contributed by atoms with Gasteiger partial charge in [-0.1, -0.05) is 45.4 Å². The van der Waals surface area contributed by atoms with Gasteiger partial charge in [-0.2, -0.15) is 4.57 Å². The fourth-order valence-electron chi connectivity index (χ4n) is 3.07. The molecule has 5 heteroatoms. The molecule has 0 atom stereocenters. The van der Waals surface area contributed by atoms with Crippen LogP contribution in [0.3, 0.4) is 0 Å². The number of rotatable bonds is 12. The van der Waals surface area contributed by atoms with Crippen LogP contribution >= 0.6 is 0 Å². The van der Waals surface area contributed by atoms with Crippen LogP contribution in [0.1, 0.15) is 67.8 Å². The molecule has 27 heavy (non-hydrogen) atoms. The molecule has 0 unspecified atom stereocenters. The first-order valence-electron chi connectivity index (χ1n) is 9.86. The fraction of sp³-hybridized carbons (Fsp3) is 0.455. The normalized spacial score (nSPS) is 10.7. The van der Waals surface area contributed by atoms with E-state index >= 15 is 0 Å². The maximum atomic E-state index is 12.3. The molecular formula is C22H29N2O3+. The highest BCUT2D eigenvalue weighted by Crippen LogP contribution is 2.13. The minimum Gasteiger partial charge on any atom is -0.287 e. The van der Waals surface area contributed by atoms with Gasteiger partial charge in [-0.25, -0.2) is 0 Å².